The van der Waals surface area contributed by atoms with E-state index >= 15 is 0 Å². The van der Waals surface area contributed by atoms with E-state index in [2.05, 4.69) is 29.5 Å². The fraction of sp³-hybridized carbons (Fsp3) is 0.714. The van der Waals surface area contributed by atoms with Crippen LogP contribution in [0.3, 0.4) is 0 Å². The molecule has 1 heterocycles. The Balaban J connectivity index is 0.00000392. The molecule has 6 nitrogen and oxygen atoms in total. The van der Waals surface area contributed by atoms with Crippen LogP contribution in [0, 0.1) is 5.41 Å². The standard InChI is InChI=1S/C21H36N4O2.HI/c1-4-22-20(24-16-18-10-9-14-23-19(18)27-6-3)25-17-21(11-7-8-12-21)13-15-26-5-2;/h9-10,14H,4-8,11-13,15-17H2,1-3H3,(H2,22,24,25);1H. The molecule has 28 heavy (non-hydrogen) atoms. The van der Waals surface area contributed by atoms with Gasteiger partial charge in [0.1, 0.15) is 0 Å². The van der Waals surface area contributed by atoms with Gasteiger partial charge in [-0.1, -0.05) is 18.9 Å². The molecule has 7 heteroatoms. The van der Waals surface area contributed by atoms with E-state index in [1.54, 1.807) is 6.20 Å². The Morgan fingerprint density at radius 2 is 1.96 bits per heavy atom. The minimum Gasteiger partial charge on any atom is -0.478 e. The molecule has 1 aliphatic carbocycles. The van der Waals surface area contributed by atoms with Crippen molar-refractivity contribution in [1.29, 1.82) is 0 Å². The summed E-state index contributed by atoms with van der Waals surface area (Å²) in [5, 5.41) is 6.93. The van der Waals surface area contributed by atoms with Crippen LogP contribution in [0.4, 0.5) is 0 Å². The smallest absolute Gasteiger partial charge is 0.218 e. The van der Waals surface area contributed by atoms with Crippen LogP contribution in [-0.2, 0) is 11.3 Å². The average Bonchev–Trinajstić information content (AvgIpc) is 3.15. The molecule has 0 spiro atoms. The molecule has 0 bridgehead atoms. The zero-order valence-corrected chi connectivity index (χ0v) is 20.0. The van der Waals surface area contributed by atoms with Gasteiger partial charge >= 0.3 is 0 Å². The Morgan fingerprint density at radius 3 is 2.64 bits per heavy atom. The summed E-state index contributed by atoms with van der Waals surface area (Å²) >= 11 is 0. The molecule has 0 radical (unpaired) electrons. The Morgan fingerprint density at radius 1 is 1.18 bits per heavy atom. The molecular formula is C21H37IN4O2. The highest BCUT2D eigenvalue weighted by Crippen LogP contribution is 2.40. The number of hydrogen-bond donors (Lipinski definition) is 2. The van der Waals surface area contributed by atoms with Crippen LogP contribution in [0.5, 0.6) is 5.88 Å². The molecule has 0 aromatic carbocycles. The van der Waals surface area contributed by atoms with Crippen LogP contribution in [0.2, 0.25) is 0 Å². The van der Waals surface area contributed by atoms with Gasteiger partial charge in [-0.25, -0.2) is 9.98 Å². The monoisotopic (exact) mass is 504 g/mol. The lowest BCUT2D eigenvalue weighted by Crippen LogP contribution is -2.43. The van der Waals surface area contributed by atoms with Crippen LogP contribution in [0.1, 0.15) is 58.4 Å². The van der Waals surface area contributed by atoms with Crippen LogP contribution < -0.4 is 15.4 Å². The number of guanidine groups is 1. The fourth-order valence-electron chi connectivity index (χ4n) is 3.66. The van der Waals surface area contributed by atoms with Gasteiger partial charge in [0.15, 0.2) is 5.96 Å². The first-order valence-corrected chi connectivity index (χ1v) is 10.4. The molecule has 0 atom stereocenters. The summed E-state index contributed by atoms with van der Waals surface area (Å²) in [4.78, 5) is 9.07. The molecule has 0 saturated heterocycles. The predicted octanol–water partition coefficient (Wildman–Crippen LogP) is 4.14. The first kappa shape index (κ1) is 24.9. The maximum atomic E-state index is 5.62. The molecular weight excluding hydrogens is 467 g/mol. The van der Waals surface area contributed by atoms with Gasteiger partial charge in [0.05, 0.1) is 13.2 Å². The third-order valence-corrected chi connectivity index (χ3v) is 5.16. The van der Waals surface area contributed by atoms with Crippen LogP contribution >= 0.6 is 24.0 Å². The van der Waals surface area contributed by atoms with Gasteiger partial charge in [0.25, 0.3) is 0 Å². The van der Waals surface area contributed by atoms with Gasteiger partial charge in [0.2, 0.25) is 5.88 Å². The van der Waals surface area contributed by atoms with Crippen molar-refractivity contribution in [3.05, 3.63) is 23.9 Å². The lowest BCUT2D eigenvalue weighted by molar-refractivity contribution is 0.105. The van der Waals surface area contributed by atoms with Gasteiger partial charge in [-0.05, 0) is 51.5 Å². The first-order valence-electron chi connectivity index (χ1n) is 10.4. The number of nitrogens with zero attached hydrogens (tertiary/aromatic N) is 2. The number of aliphatic imine (C=N–C) groups is 1. The molecule has 160 valence electrons. The van der Waals surface area contributed by atoms with Crippen LogP contribution in [-0.4, -0.2) is 43.9 Å². The zero-order valence-electron chi connectivity index (χ0n) is 17.6. The van der Waals surface area contributed by atoms with E-state index in [-0.39, 0.29) is 24.0 Å². The van der Waals surface area contributed by atoms with E-state index in [1.165, 1.54) is 25.7 Å². The molecule has 0 unspecified atom stereocenters. The second-order valence-electron chi connectivity index (χ2n) is 7.10. The van der Waals surface area contributed by atoms with Crippen molar-refractivity contribution >= 4 is 29.9 Å². The maximum absolute atomic E-state index is 5.62. The van der Waals surface area contributed by atoms with Gasteiger partial charge in [-0.3, -0.25) is 0 Å². The van der Waals surface area contributed by atoms with Crippen LogP contribution in [0.25, 0.3) is 0 Å². The quantitative estimate of drug-likeness (QED) is 0.205. The highest BCUT2D eigenvalue weighted by Gasteiger charge is 2.33. The molecule has 0 amide bonds. The summed E-state index contributed by atoms with van der Waals surface area (Å²) in [5.41, 5.74) is 1.33. The van der Waals surface area contributed by atoms with Crippen molar-refractivity contribution in [2.45, 2.75) is 59.4 Å². The first-order chi connectivity index (χ1) is 13.2. The topological polar surface area (TPSA) is 67.8 Å². The van der Waals surface area contributed by atoms with Gasteiger partial charge < -0.3 is 20.1 Å². The normalized spacial score (nSPS) is 15.8. The number of ether oxygens (including phenoxy) is 2. The lowest BCUT2D eigenvalue weighted by Gasteiger charge is -2.30. The Hall–Kier alpha value is -1.09. The van der Waals surface area contributed by atoms with Gasteiger partial charge in [-0.2, -0.15) is 0 Å². The molecule has 2 rings (SSSR count). The number of hydrogen-bond acceptors (Lipinski definition) is 4. The second-order valence-corrected chi connectivity index (χ2v) is 7.10. The van der Waals surface area contributed by atoms with E-state index in [0.29, 0.717) is 24.4 Å². The largest absolute Gasteiger partial charge is 0.478 e. The minimum atomic E-state index is 0. The van der Waals surface area contributed by atoms with Crippen molar-refractivity contribution in [1.82, 2.24) is 15.6 Å². The second kappa shape index (κ2) is 14.0. The fourth-order valence-corrected chi connectivity index (χ4v) is 3.66. The van der Waals surface area contributed by atoms with Crippen molar-refractivity contribution in [3.63, 3.8) is 0 Å². The summed E-state index contributed by atoms with van der Waals surface area (Å²) in [6.07, 6.45) is 8.03. The highest BCUT2D eigenvalue weighted by molar-refractivity contribution is 14.0. The summed E-state index contributed by atoms with van der Waals surface area (Å²) in [6.45, 7) is 10.7. The number of nitrogens with one attached hydrogen (secondary N) is 2. The summed E-state index contributed by atoms with van der Waals surface area (Å²) in [5.74, 6) is 1.52. The zero-order chi connectivity index (χ0) is 19.4. The van der Waals surface area contributed by atoms with Gasteiger partial charge in [0, 0.05) is 38.1 Å². The molecule has 1 aliphatic rings. The average molecular weight is 504 g/mol. The minimum absolute atomic E-state index is 0. The third-order valence-electron chi connectivity index (χ3n) is 5.16. The summed E-state index contributed by atoms with van der Waals surface area (Å²) in [6, 6.07) is 3.95. The molecule has 0 aliphatic heterocycles. The van der Waals surface area contributed by atoms with E-state index in [1.807, 2.05) is 19.1 Å². The Kier molecular flexibility index (Phi) is 12.5. The van der Waals surface area contributed by atoms with E-state index in [0.717, 1.165) is 44.2 Å². The van der Waals surface area contributed by atoms with E-state index < -0.39 is 0 Å². The predicted molar refractivity (Wildman–Crippen MR) is 126 cm³/mol. The highest BCUT2D eigenvalue weighted by atomic mass is 127. The summed E-state index contributed by atoms with van der Waals surface area (Å²) < 4.78 is 11.2. The molecule has 1 fully saturated rings. The number of pyridine rings is 1. The molecule has 2 N–H and O–H groups in total. The summed E-state index contributed by atoms with van der Waals surface area (Å²) in [7, 11) is 0. The van der Waals surface area contributed by atoms with Crippen molar-refractivity contribution < 1.29 is 9.47 Å². The van der Waals surface area contributed by atoms with Crippen molar-refractivity contribution in [3.8, 4) is 5.88 Å². The van der Waals surface area contributed by atoms with E-state index in [4.69, 9.17) is 14.5 Å². The molecule has 1 aromatic rings. The van der Waals surface area contributed by atoms with Crippen LogP contribution in [0.15, 0.2) is 23.3 Å². The maximum Gasteiger partial charge on any atom is 0.218 e. The third kappa shape index (κ3) is 8.11. The molecule has 1 saturated carbocycles. The Labute approximate surface area is 187 Å². The lowest BCUT2D eigenvalue weighted by atomic mass is 9.83. The number of aromatic nitrogens is 1. The Bertz CT molecular complexity index is 577. The number of rotatable bonds is 11. The van der Waals surface area contributed by atoms with Gasteiger partial charge in [-0.15, -0.1) is 24.0 Å². The SMILES string of the molecule is CCNC(=NCc1cccnc1OCC)NCC1(CCOCC)CCCC1.I. The molecule has 1 aromatic heterocycles. The van der Waals surface area contributed by atoms with Crippen molar-refractivity contribution in [2.75, 3.05) is 32.9 Å². The van der Waals surface area contributed by atoms with E-state index in [9.17, 15) is 0 Å². The van der Waals surface area contributed by atoms with Crippen molar-refractivity contribution in [2.24, 2.45) is 10.4 Å². The number of halogens is 1.